The Kier molecular flexibility index (Phi) is 6.44. The van der Waals surface area contributed by atoms with Crippen LogP contribution in [0.1, 0.15) is 30.3 Å². The Morgan fingerprint density at radius 2 is 2.00 bits per heavy atom. The maximum Gasteiger partial charge on any atom is 0.268 e. The molecule has 148 valence electrons. The summed E-state index contributed by atoms with van der Waals surface area (Å²) in [5.41, 5.74) is 8.69. The van der Waals surface area contributed by atoms with Gasteiger partial charge in [-0.15, -0.1) is 0 Å². The van der Waals surface area contributed by atoms with Gasteiger partial charge in [0, 0.05) is 35.7 Å². The molecule has 0 aliphatic heterocycles. The van der Waals surface area contributed by atoms with Crippen molar-refractivity contribution in [2.24, 2.45) is 11.7 Å². The fourth-order valence-electron chi connectivity index (χ4n) is 3.43. The third kappa shape index (κ3) is 4.40. The molecule has 2 atom stereocenters. The highest BCUT2D eigenvalue weighted by Gasteiger charge is 2.20. The molecule has 28 heavy (non-hydrogen) atoms. The van der Waals surface area contributed by atoms with Crippen molar-refractivity contribution in [3.05, 3.63) is 60.0 Å². The molecule has 0 radical (unpaired) electrons. The van der Waals surface area contributed by atoms with E-state index in [1.165, 1.54) is 12.1 Å². The number of rotatable bonds is 8. The van der Waals surface area contributed by atoms with Crippen LogP contribution in [0.2, 0.25) is 0 Å². The molecule has 1 unspecified atom stereocenters. The first-order valence-corrected chi connectivity index (χ1v) is 9.54. The number of nitrogens with one attached hydrogen (secondary N) is 2. The van der Waals surface area contributed by atoms with Crippen LogP contribution in [0.5, 0.6) is 0 Å². The number of hydrogen-bond donors (Lipinski definition) is 4. The van der Waals surface area contributed by atoms with Crippen molar-refractivity contribution in [3.63, 3.8) is 0 Å². The van der Waals surface area contributed by atoms with E-state index >= 15 is 0 Å². The summed E-state index contributed by atoms with van der Waals surface area (Å²) in [6.45, 7) is 2.39. The van der Waals surface area contributed by atoms with Crippen molar-refractivity contribution in [2.75, 3.05) is 13.2 Å². The van der Waals surface area contributed by atoms with E-state index < -0.39 is 0 Å². The molecule has 0 saturated carbocycles. The summed E-state index contributed by atoms with van der Waals surface area (Å²) in [6.07, 6.45) is 1.47. The van der Waals surface area contributed by atoms with Crippen LogP contribution in [0, 0.1) is 11.7 Å². The Labute approximate surface area is 163 Å². The van der Waals surface area contributed by atoms with Crippen LogP contribution in [0.4, 0.5) is 4.39 Å². The van der Waals surface area contributed by atoms with Gasteiger partial charge in [-0.25, -0.2) is 4.39 Å². The number of nitrogens with two attached hydrogens (primary N) is 1. The third-order valence-corrected chi connectivity index (χ3v) is 5.05. The number of fused-ring (bicyclic) bond motifs is 1. The number of aromatic nitrogens is 1. The number of aliphatic hydroxyl groups is 1. The fourth-order valence-corrected chi connectivity index (χ4v) is 3.43. The second-order valence-electron chi connectivity index (χ2n) is 7.09. The van der Waals surface area contributed by atoms with Crippen molar-refractivity contribution in [3.8, 4) is 11.1 Å². The zero-order valence-electron chi connectivity index (χ0n) is 15.9. The number of carbonyl (C=O) groups excluding carboxylic acids is 1. The quantitative estimate of drug-likeness (QED) is 0.480. The monoisotopic (exact) mass is 383 g/mol. The second-order valence-corrected chi connectivity index (χ2v) is 7.09. The highest BCUT2D eigenvalue weighted by Crippen LogP contribution is 2.33. The van der Waals surface area contributed by atoms with Crippen LogP contribution in [0.3, 0.4) is 0 Å². The predicted molar refractivity (Wildman–Crippen MR) is 109 cm³/mol. The zero-order valence-corrected chi connectivity index (χ0v) is 15.9. The van der Waals surface area contributed by atoms with Crippen molar-refractivity contribution in [1.29, 1.82) is 0 Å². The lowest BCUT2D eigenvalue weighted by Crippen LogP contribution is -2.39. The summed E-state index contributed by atoms with van der Waals surface area (Å²) in [6, 6.07) is 13.6. The minimum absolute atomic E-state index is 0.0872. The van der Waals surface area contributed by atoms with E-state index in [2.05, 4.69) is 10.3 Å². The lowest BCUT2D eigenvalue weighted by atomic mass is 9.98. The highest BCUT2D eigenvalue weighted by molar-refractivity contribution is 6.09. The number of aromatic amines is 1. The summed E-state index contributed by atoms with van der Waals surface area (Å²) < 4.78 is 13.8. The van der Waals surface area contributed by atoms with E-state index in [1.807, 2.05) is 37.3 Å². The number of amides is 1. The molecular weight excluding hydrogens is 357 g/mol. The van der Waals surface area contributed by atoms with Gasteiger partial charge in [-0.05, 0) is 36.1 Å². The van der Waals surface area contributed by atoms with E-state index in [1.54, 1.807) is 6.07 Å². The largest absolute Gasteiger partial charge is 0.396 e. The van der Waals surface area contributed by atoms with Gasteiger partial charge in [0.15, 0.2) is 0 Å². The lowest BCUT2D eigenvalue weighted by molar-refractivity contribution is 0.0945. The maximum absolute atomic E-state index is 13.8. The molecule has 0 aliphatic carbocycles. The molecule has 2 aromatic carbocycles. The Balaban J connectivity index is 1.87. The van der Waals surface area contributed by atoms with Crippen LogP contribution in [0.25, 0.3) is 22.0 Å². The van der Waals surface area contributed by atoms with Gasteiger partial charge in [-0.2, -0.15) is 0 Å². The summed E-state index contributed by atoms with van der Waals surface area (Å²) in [5, 5.41) is 12.8. The normalized spacial score (nSPS) is 13.4. The van der Waals surface area contributed by atoms with Gasteiger partial charge in [0.05, 0.1) is 0 Å². The average Bonchev–Trinajstić information content (AvgIpc) is 3.09. The molecule has 0 saturated heterocycles. The van der Waals surface area contributed by atoms with Crippen LogP contribution in [-0.2, 0) is 0 Å². The molecule has 3 rings (SSSR count). The van der Waals surface area contributed by atoms with Crippen LogP contribution < -0.4 is 11.1 Å². The molecule has 0 bridgehead atoms. The van der Waals surface area contributed by atoms with Crippen molar-refractivity contribution >= 4 is 16.8 Å². The van der Waals surface area contributed by atoms with Crippen LogP contribution in [-0.4, -0.2) is 35.2 Å². The van der Waals surface area contributed by atoms with E-state index in [4.69, 9.17) is 5.73 Å². The summed E-state index contributed by atoms with van der Waals surface area (Å²) in [4.78, 5) is 16.0. The van der Waals surface area contributed by atoms with Gasteiger partial charge in [0.2, 0.25) is 0 Å². The molecule has 5 nitrogen and oxygen atoms in total. The van der Waals surface area contributed by atoms with E-state index in [0.29, 0.717) is 35.1 Å². The molecule has 1 amide bonds. The molecular formula is C22H26FN3O2. The molecule has 5 N–H and O–H groups in total. The topological polar surface area (TPSA) is 91.1 Å². The Morgan fingerprint density at radius 1 is 1.25 bits per heavy atom. The zero-order chi connectivity index (χ0) is 20.1. The Morgan fingerprint density at radius 3 is 2.68 bits per heavy atom. The first-order valence-electron chi connectivity index (χ1n) is 9.54. The number of H-pyrrole nitrogens is 1. The highest BCUT2D eigenvalue weighted by atomic mass is 19.1. The fraction of sp³-hybridized carbons (Fsp3) is 0.318. The average molecular weight is 383 g/mol. The molecule has 0 fully saturated rings. The van der Waals surface area contributed by atoms with Gasteiger partial charge in [-0.3, -0.25) is 4.79 Å². The summed E-state index contributed by atoms with van der Waals surface area (Å²) >= 11 is 0. The minimum Gasteiger partial charge on any atom is -0.396 e. The molecule has 0 aliphatic rings. The van der Waals surface area contributed by atoms with Crippen molar-refractivity contribution in [2.45, 2.75) is 25.8 Å². The second kappa shape index (κ2) is 8.99. The molecule has 1 aromatic heterocycles. The van der Waals surface area contributed by atoms with Crippen LogP contribution >= 0.6 is 0 Å². The van der Waals surface area contributed by atoms with Crippen molar-refractivity contribution in [1.82, 2.24) is 10.3 Å². The number of aliphatic hydroxyl groups excluding tert-OH is 1. The Bertz CT molecular complexity index is 936. The summed E-state index contributed by atoms with van der Waals surface area (Å²) in [7, 11) is 0. The van der Waals surface area contributed by atoms with E-state index in [0.717, 1.165) is 12.0 Å². The first kappa shape index (κ1) is 20.0. The van der Waals surface area contributed by atoms with Gasteiger partial charge in [0.25, 0.3) is 5.91 Å². The van der Waals surface area contributed by atoms with Gasteiger partial charge >= 0.3 is 0 Å². The number of halogens is 1. The van der Waals surface area contributed by atoms with E-state index in [9.17, 15) is 14.3 Å². The molecule has 3 aromatic rings. The molecule has 1 heterocycles. The number of hydrogen-bond acceptors (Lipinski definition) is 3. The third-order valence-electron chi connectivity index (χ3n) is 5.05. The van der Waals surface area contributed by atoms with Crippen molar-refractivity contribution < 1.29 is 14.3 Å². The maximum atomic E-state index is 13.8. The van der Waals surface area contributed by atoms with Gasteiger partial charge < -0.3 is 21.1 Å². The SMILES string of the molecule is CCC(CO)C[C@@H](N)CNC(=O)c1[nH]c2ccc(F)cc2c1-c1ccccc1. The van der Waals surface area contributed by atoms with Crippen LogP contribution in [0.15, 0.2) is 48.5 Å². The molecule has 0 spiro atoms. The number of carbonyl (C=O) groups is 1. The minimum atomic E-state index is -0.354. The summed E-state index contributed by atoms with van der Waals surface area (Å²) in [5.74, 6) is -0.516. The Hall–Kier alpha value is -2.70. The first-order chi connectivity index (χ1) is 13.5. The number of benzene rings is 2. The standard InChI is InChI=1S/C22H26FN3O2/c1-2-14(13-27)10-17(24)12-25-22(28)21-20(15-6-4-3-5-7-15)18-11-16(23)8-9-19(18)26-21/h3-9,11,14,17,26-27H,2,10,12-13,24H2,1H3,(H,25,28)/t14?,17-/m1/s1. The lowest BCUT2D eigenvalue weighted by Gasteiger charge is -2.18. The smallest absolute Gasteiger partial charge is 0.268 e. The van der Waals surface area contributed by atoms with Gasteiger partial charge in [0.1, 0.15) is 11.5 Å². The predicted octanol–water partition coefficient (Wildman–Crippen LogP) is 3.44. The van der Waals surface area contributed by atoms with Gasteiger partial charge in [-0.1, -0.05) is 43.7 Å². The molecule has 6 heteroatoms. The van der Waals surface area contributed by atoms with E-state index in [-0.39, 0.29) is 30.3 Å².